The van der Waals surface area contributed by atoms with Crippen LogP contribution in [0.15, 0.2) is 76.1 Å². The summed E-state index contributed by atoms with van der Waals surface area (Å²) >= 11 is 3.37. The van der Waals surface area contributed by atoms with Gasteiger partial charge < -0.3 is 15.0 Å². The molecule has 10 heteroatoms. The quantitative estimate of drug-likeness (QED) is 0.277. The highest BCUT2D eigenvalue weighted by Crippen LogP contribution is 2.31. The van der Waals surface area contributed by atoms with Gasteiger partial charge in [0.2, 0.25) is 11.8 Å². The van der Waals surface area contributed by atoms with E-state index in [2.05, 4.69) is 21.2 Å². The number of halogens is 1. The molecular weight excluding hydrogens is 606 g/mol. The highest BCUT2D eigenvalue weighted by molar-refractivity contribution is 9.10. The Bertz CT molecular complexity index is 1480. The van der Waals surface area contributed by atoms with Crippen molar-refractivity contribution in [2.75, 3.05) is 18.0 Å². The van der Waals surface area contributed by atoms with Gasteiger partial charge in [0.1, 0.15) is 18.3 Å². The first-order valence-electron chi connectivity index (χ1n) is 13.5. The second-order valence-corrected chi connectivity index (χ2v) is 12.9. The van der Waals surface area contributed by atoms with Crippen LogP contribution in [-0.4, -0.2) is 50.9 Å². The number of aryl methyl sites for hydroxylation is 2. The molecule has 0 aromatic heterocycles. The third-order valence-corrected chi connectivity index (χ3v) is 9.12. The molecule has 0 radical (unpaired) electrons. The highest BCUT2D eigenvalue weighted by atomic mass is 79.9. The number of hydrogen-bond acceptors (Lipinski definition) is 5. The van der Waals surface area contributed by atoms with Crippen molar-refractivity contribution in [1.82, 2.24) is 10.2 Å². The van der Waals surface area contributed by atoms with Gasteiger partial charge in [0, 0.05) is 12.6 Å². The van der Waals surface area contributed by atoms with Gasteiger partial charge in [-0.05, 0) is 91.5 Å². The number of carbonyl (C=O) groups is 2. The third-order valence-electron chi connectivity index (χ3n) is 6.73. The summed E-state index contributed by atoms with van der Waals surface area (Å²) in [6.07, 6.45) is 0.360. The molecule has 0 heterocycles. The van der Waals surface area contributed by atoms with Gasteiger partial charge in [0.05, 0.1) is 22.2 Å². The number of nitrogens with one attached hydrogen (secondary N) is 1. The lowest BCUT2D eigenvalue weighted by atomic mass is 10.1. The SMILES string of the molecule is CC[C@H](C(=O)NC(C)C)N(Cc1ccccc1C)C(=O)CN(c1ccc(C)cc1)S(=O)(=O)c1ccc(OC)c(Br)c1. The van der Waals surface area contributed by atoms with Crippen molar-refractivity contribution in [2.24, 2.45) is 0 Å². The zero-order chi connectivity index (χ0) is 30.3. The minimum atomic E-state index is -4.20. The predicted molar refractivity (Wildman–Crippen MR) is 165 cm³/mol. The number of rotatable bonds is 12. The molecule has 3 aromatic carbocycles. The topological polar surface area (TPSA) is 96.0 Å². The molecule has 41 heavy (non-hydrogen) atoms. The Morgan fingerprint density at radius 2 is 1.66 bits per heavy atom. The highest BCUT2D eigenvalue weighted by Gasteiger charge is 2.34. The molecule has 1 N–H and O–H groups in total. The fourth-order valence-corrected chi connectivity index (χ4v) is 6.58. The van der Waals surface area contributed by atoms with E-state index in [4.69, 9.17) is 4.74 Å². The maximum Gasteiger partial charge on any atom is 0.264 e. The Morgan fingerprint density at radius 1 is 1.00 bits per heavy atom. The molecule has 0 spiro atoms. The van der Waals surface area contributed by atoms with Crippen molar-refractivity contribution >= 4 is 43.5 Å². The number of sulfonamides is 1. The third kappa shape index (κ3) is 7.89. The number of amides is 2. The summed E-state index contributed by atoms with van der Waals surface area (Å²) in [7, 11) is -2.70. The summed E-state index contributed by atoms with van der Waals surface area (Å²) in [5.74, 6) is -0.294. The molecule has 220 valence electrons. The van der Waals surface area contributed by atoms with Crippen LogP contribution < -0.4 is 14.4 Å². The smallest absolute Gasteiger partial charge is 0.264 e. The molecule has 0 unspecified atom stereocenters. The van der Waals surface area contributed by atoms with Gasteiger partial charge >= 0.3 is 0 Å². The van der Waals surface area contributed by atoms with Crippen LogP contribution in [0.3, 0.4) is 0 Å². The lowest BCUT2D eigenvalue weighted by molar-refractivity contribution is -0.140. The summed E-state index contributed by atoms with van der Waals surface area (Å²) in [4.78, 5) is 28.9. The van der Waals surface area contributed by atoms with Crippen molar-refractivity contribution in [1.29, 1.82) is 0 Å². The van der Waals surface area contributed by atoms with Crippen LogP contribution in [0.2, 0.25) is 0 Å². The number of benzene rings is 3. The molecule has 8 nitrogen and oxygen atoms in total. The molecule has 0 bridgehead atoms. The number of hydrogen-bond donors (Lipinski definition) is 1. The van der Waals surface area contributed by atoms with E-state index in [1.165, 1.54) is 24.1 Å². The first kappa shape index (κ1) is 32.1. The fraction of sp³-hybridized carbons (Fsp3) is 0.355. The minimum absolute atomic E-state index is 0.00593. The van der Waals surface area contributed by atoms with Crippen LogP contribution in [0.4, 0.5) is 5.69 Å². The van der Waals surface area contributed by atoms with Gasteiger partial charge in [-0.3, -0.25) is 13.9 Å². The maximum atomic E-state index is 14.2. The molecule has 1 atom stereocenters. The minimum Gasteiger partial charge on any atom is -0.496 e. The zero-order valence-electron chi connectivity index (χ0n) is 24.3. The maximum absolute atomic E-state index is 14.2. The summed E-state index contributed by atoms with van der Waals surface area (Å²) in [6.45, 7) is 9.06. The largest absolute Gasteiger partial charge is 0.496 e. The number of ether oxygens (including phenoxy) is 1. The van der Waals surface area contributed by atoms with Crippen LogP contribution in [0.5, 0.6) is 5.75 Å². The van der Waals surface area contributed by atoms with Crippen molar-refractivity contribution in [3.05, 3.63) is 87.9 Å². The molecular formula is C31H38BrN3O5S. The monoisotopic (exact) mass is 643 g/mol. The van der Waals surface area contributed by atoms with E-state index >= 15 is 0 Å². The van der Waals surface area contributed by atoms with Crippen molar-refractivity contribution in [3.8, 4) is 5.75 Å². The average molecular weight is 645 g/mol. The molecule has 0 aliphatic carbocycles. The lowest BCUT2D eigenvalue weighted by Gasteiger charge is -2.34. The molecule has 0 saturated heterocycles. The standard InChI is InChI=1S/C31H38BrN3O5S/c1-7-28(31(37)33-21(2)3)34(19-24-11-9-8-10-23(24)5)30(36)20-35(25-14-12-22(4)13-15-25)41(38,39)26-16-17-29(40-6)27(32)18-26/h8-18,21,28H,7,19-20H2,1-6H3,(H,33,37)/t28-/m1/s1. The van der Waals surface area contributed by atoms with Gasteiger partial charge in [0.25, 0.3) is 10.0 Å². The zero-order valence-corrected chi connectivity index (χ0v) is 26.8. The normalized spacial score (nSPS) is 12.1. The first-order valence-corrected chi connectivity index (χ1v) is 15.7. The van der Waals surface area contributed by atoms with Crippen LogP contribution in [-0.2, 0) is 26.2 Å². The van der Waals surface area contributed by atoms with Crippen LogP contribution in [0, 0.1) is 13.8 Å². The van der Waals surface area contributed by atoms with Crippen molar-refractivity contribution in [3.63, 3.8) is 0 Å². The molecule has 0 saturated carbocycles. The number of anilines is 1. The van der Waals surface area contributed by atoms with Gasteiger partial charge in [-0.15, -0.1) is 0 Å². The number of carbonyl (C=O) groups excluding carboxylic acids is 2. The van der Waals surface area contributed by atoms with E-state index < -0.39 is 28.5 Å². The van der Waals surface area contributed by atoms with E-state index in [0.717, 1.165) is 21.0 Å². The Labute approximate surface area is 251 Å². The Hall–Kier alpha value is -3.37. The van der Waals surface area contributed by atoms with E-state index in [0.29, 0.717) is 22.3 Å². The summed E-state index contributed by atoms with van der Waals surface area (Å²) in [6, 6.07) is 18.1. The predicted octanol–water partition coefficient (Wildman–Crippen LogP) is 5.60. The Balaban J connectivity index is 2.09. The molecule has 0 aliphatic heterocycles. The lowest BCUT2D eigenvalue weighted by Crippen LogP contribution is -2.53. The molecule has 0 aliphatic rings. The fourth-order valence-electron chi connectivity index (χ4n) is 4.45. The van der Waals surface area contributed by atoms with Gasteiger partial charge in [-0.2, -0.15) is 0 Å². The molecule has 0 fully saturated rings. The van der Waals surface area contributed by atoms with Crippen LogP contribution >= 0.6 is 15.9 Å². The summed E-state index contributed by atoms with van der Waals surface area (Å²) < 4.78 is 35.0. The van der Waals surface area contributed by atoms with Crippen LogP contribution in [0.1, 0.15) is 43.9 Å². The van der Waals surface area contributed by atoms with Gasteiger partial charge in [-0.1, -0.05) is 48.9 Å². The number of methoxy groups -OCH3 is 1. The molecule has 3 aromatic rings. The van der Waals surface area contributed by atoms with E-state index in [9.17, 15) is 18.0 Å². The van der Waals surface area contributed by atoms with E-state index in [-0.39, 0.29) is 23.4 Å². The second kappa shape index (κ2) is 14.0. The number of nitrogens with zero attached hydrogens (tertiary/aromatic N) is 2. The molecule has 3 rings (SSSR count). The van der Waals surface area contributed by atoms with E-state index in [1.807, 2.05) is 58.9 Å². The van der Waals surface area contributed by atoms with Gasteiger partial charge in [-0.25, -0.2) is 8.42 Å². The molecule has 2 amide bonds. The first-order chi connectivity index (χ1) is 19.4. The second-order valence-electron chi connectivity index (χ2n) is 10.2. The van der Waals surface area contributed by atoms with Crippen molar-refractivity contribution in [2.45, 2.75) is 64.6 Å². The summed E-state index contributed by atoms with van der Waals surface area (Å²) in [5, 5.41) is 2.91. The summed E-state index contributed by atoms with van der Waals surface area (Å²) in [5.41, 5.74) is 3.13. The van der Waals surface area contributed by atoms with Crippen molar-refractivity contribution < 1.29 is 22.7 Å². The Morgan fingerprint density at radius 3 is 2.22 bits per heavy atom. The average Bonchev–Trinajstić information content (AvgIpc) is 2.92. The van der Waals surface area contributed by atoms with E-state index in [1.54, 1.807) is 30.3 Å². The van der Waals surface area contributed by atoms with Crippen LogP contribution in [0.25, 0.3) is 0 Å². The Kier molecular flexibility index (Phi) is 11.0. The van der Waals surface area contributed by atoms with Gasteiger partial charge in [0.15, 0.2) is 0 Å².